The van der Waals surface area contributed by atoms with Gasteiger partial charge in [-0.15, -0.1) is 11.3 Å². The Morgan fingerprint density at radius 3 is 3.24 bits per heavy atom. The number of benzene rings is 1. The van der Waals surface area contributed by atoms with E-state index in [0.717, 1.165) is 23.0 Å². The Kier molecular flexibility index (Phi) is 3.25. The van der Waals surface area contributed by atoms with Crippen LogP contribution in [-0.4, -0.2) is 23.0 Å². The van der Waals surface area contributed by atoms with Crippen molar-refractivity contribution in [2.24, 2.45) is 5.92 Å². The van der Waals surface area contributed by atoms with Crippen molar-refractivity contribution in [2.45, 2.75) is 13.3 Å². The largest absolute Gasteiger partial charge is 0.385 e. The van der Waals surface area contributed by atoms with Gasteiger partial charge in [0, 0.05) is 12.2 Å². The van der Waals surface area contributed by atoms with Gasteiger partial charge >= 0.3 is 0 Å². The van der Waals surface area contributed by atoms with Gasteiger partial charge in [-0.1, -0.05) is 0 Å². The van der Waals surface area contributed by atoms with Gasteiger partial charge in [0.1, 0.15) is 0 Å². The van der Waals surface area contributed by atoms with Gasteiger partial charge in [0.25, 0.3) is 0 Å². The number of hydrogen-bond acceptors (Lipinski definition) is 4. The zero-order valence-corrected chi connectivity index (χ0v) is 11.5. The van der Waals surface area contributed by atoms with Gasteiger partial charge in [-0.2, -0.15) is 11.8 Å². The van der Waals surface area contributed by atoms with Gasteiger partial charge in [0.15, 0.2) is 0 Å². The minimum atomic E-state index is 0.846. The highest BCUT2D eigenvalue weighted by Gasteiger charge is 2.14. The molecular weight excluding hydrogens is 248 g/mol. The number of anilines is 1. The van der Waals surface area contributed by atoms with Crippen molar-refractivity contribution in [3.8, 4) is 0 Å². The van der Waals surface area contributed by atoms with E-state index in [4.69, 9.17) is 0 Å². The summed E-state index contributed by atoms with van der Waals surface area (Å²) in [5.74, 6) is 3.49. The molecule has 0 amide bonds. The molecule has 1 saturated heterocycles. The Morgan fingerprint density at radius 1 is 1.47 bits per heavy atom. The second-order valence-corrected chi connectivity index (χ2v) is 6.91. The highest BCUT2D eigenvalue weighted by atomic mass is 32.2. The Morgan fingerprint density at radius 2 is 2.41 bits per heavy atom. The fourth-order valence-corrected chi connectivity index (χ4v) is 4.31. The van der Waals surface area contributed by atoms with Gasteiger partial charge in [-0.3, -0.25) is 0 Å². The summed E-state index contributed by atoms with van der Waals surface area (Å²) in [6, 6.07) is 6.48. The first-order valence-corrected chi connectivity index (χ1v) is 7.97. The zero-order valence-electron chi connectivity index (χ0n) is 9.90. The standard InChI is InChI=1S/C13H16N2S2/c1-9-15-12-3-2-11(6-13(12)17-9)14-7-10-4-5-16-8-10/h2-3,6,10,14H,4-5,7-8H2,1H3. The van der Waals surface area contributed by atoms with Crippen molar-refractivity contribution in [1.29, 1.82) is 0 Å². The maximum Gasteiger partial charge on any atom is 0.0907 e. The monoisotopic (exact) mass is 264 g/mol. The van der Waals surface area contributed by atoms with E-state index in [-0.39, 0.29) is 0 Å². The van der Waals surface area contributed by atoms with Crippen LogP contribution in [0.1, 0.15) is 11.4 Å². The van der Waals surface area contributed by atoms with E-state index >= 15 is 0 Å². The minimum absolute atomic E-state index is 0.846. The first-order valence-electron chi connectivity index (χ1n) is 6.00. The lowest BCUT2D eigenvalue weighted by molar-refractivity contribution is 0.632. The molecule has 2 aromatic rings. The fourth-order valence-electron chi connectivity index (χ4n) is 2.16. The maximum atomic E-state index is 4.48. The molecule has 1 aromatic carbocycles. The molecule has 1 aliphatic heterocycles. The molecule has 2 nitrogen and oxygen atoms in total. The van der Waals surface area contributed by atoms with Crippen molar-refractivity contribution in [3.63, 3.8) is 0 Å². The summed E-state index contributed by atoms with van der Waals surface area (Å²) >= 11 is 3.84. The van der Waals surface area contributed by atoms with Crippen molar-refractivity contribution < 1.29 is 0 Å². The summed E-state index contributed by atoms with van der Waals surface area (Å²) in [5.41, 5.74) is 2.35. The molecule has 0 radical (unpaired) electrons. The second kappa shape index (κ2) is 4.86. The highest BCUT2D eigenvalue weighted by molar-refractivity contribution is 7.99. The highest BCUT2D eigenvalue weighted by Crippen LogP contribution is 2.26. The van der Waals surface area contributed by atoms with E-state index in [2.05, 4.69) is 47.2 Å². The average Bonchev–Trinajstić information content (AvgIpc) is 2.92. The fraction of sp³-hybridized carbons (Fsp3) is 0.462. The lowest BCUT2D eigenvalue weighted by Crippen LogP contribution is -2.13. The van der Waals surface area contributed by atoms with Crippen LogP contribution in [0.4, 0.5) is 5.69 Å². The molecule has 3 rings (SSSR count). The quantitative estimate of drug-likeness (QED) is 0.913. The van der Waals surface area contributed by atoms with Crippen LogP contribution < -0.4 is 5.32 Å². The number of fused-ring (bicyclic) bond motifs is 1. The zero-order chi connectivity index (χ0) is 11.7. The molecule has 0 spiro atoms. The molecule has 0 bridgehead atoms. The maximum absolute atomic E-state index is 4.48. The van der Waals surface area contributed by atoms with E-state index in [1.165, 1.54) is 28.3 Å². The normalized spacial score (nSPS) is 19.9. The van der Waals surface area contributed by atoms with Crippen LogP contribution in [0.5, 0.6) is 0 Å². The van der Waals surface area contributed by atoms with Crippen LogP contribution in [0.15, 0.2) is 18.2 Å². The van der Waals surface area contributed by atoms with E-state index in [9.17, 15) is 0 Å². The number of hydrogen-bond donors (Lipinski definition) is 1. The van der Waals surface area contributed by atoms with E-state index in [1.54, 1.807) is 11.3 Å². The van der Waals surface area contributed by atoms with Gasteiger partial charge < -0.3 is 5.32 Å². The molecule has 90 valence electrons. The van der Waals surface area contributed by atoms with Crippen LogP contribution in [0.3, 0.4) is 0 Å². The first-order chi connectivity index (χ1) is 8.31. The topological polar surface area (TPSA) is 24.9 Å². The van der Waals surface area contributed by atoms with Gasteiger partial charge in [-0.25, -0.2) is 4.98 Å². The molecule has 0 aliphatic carbocycles. The Labute approximate surface area is 110 Å². The molecule has 1 atom stereocenters. The van der Waals surface area contributed by atoms with Crippen LogP contribution in [0.2, 0.25) is 0 Å². The van der Waals surface area contributed by atoms with Crippen molar-refractivity contribution in [2.75, 3.05) is 23.4 Å². The molecule has 1 aromatic heterocycles. The molecule has 1 aliphatic rings. The predicted molar refractivity (Wildman–Crippen MR) is 78.3 cm³/mol. The summed E-state index contributed by atoms with van der Waals surface area (Å²) < 4.78 is 1.29. The number of aryl methyl sites for hydroxylation is 1. The SMILES string of the molecule is Cc1nc2ccc(NCC3CCSC3)cc2s1. The summed E-state index contributed by atoms with van der Waals surface area (Å²) in [7, 11) is 0. The third-order valence-corrected chi connectivity index (χ3v) is 5.28. The third-order valence-electron chi connectivity index (χ3n) is 3.11. The molecule has 1 fully saturated rings. The number of nitrogens with one attached hydrogen (secondary N) is 1. The number of aromatic nitrogens is 1. The number of thiazole rings is 1. The summed E-state index contributed by atoms with van der Waals surface area (Å²) in [6.07, 6.45) is 1.36. The molecule has 0 saturated carbocycles. The average molecular weight is 264 g/mol. The van der Waals surface area contributed by atoms with Crippen LogP contribution >= 0.6 is 23.1 Å². The van der Waals surface area contributed by atoms with Crippen molar-refractivity contribution >= 4 is 39.0 Å². The van der Waals surface area contributed by atoms with Gasteiger partial charge in [-0.05, 0) is 49.0 Å². The molecular formula is C13H16N2S2. The van der Waals surface area contributed by atoms with E-state index < -0.39 is 0 Å². The second-order valence-electron chi connectivity index (χ2n) is 4.53. The predicted octanol–water partition coefficient (Wildman–Crippen LogP) is 3.77. The molecule has 1 N–H and O–H groups in total. The van der Waals surface area contributed by atoms with Gasteiger partial charge in [0.2, 0.25) is 0 Å². The van der Waals surface area contributed by atoms with Crippen molar-refractivity contribution in [3.05, 3.63) is 23.2 Å². The van der Waals surface area contributed by atoms with Crippen molar-refractivity contribution in [1.82, 2.24) is 4.98 Å². The summed E-state index contributed by atoms with van der Waals surface area (Å²) in [4.78, 5) is 4.48. The molecule has 1 unspecified atom stereocenters. The molecule has 17 heavy (non-hydrogen) atoms. The van der Waals surface area contributed by atoms with E-state index in [0.29, 0.717) is 0 Å². The lowest BCUT2D eigenvalue weighted by Gasteiger charge is -2.10. The summed E-state index contributed by atoms with van der Waals surface area (Å²) in [5, 5.41) is 4.70. The minimum Gasteiger partial charge on any atom is -0.385 e. The Bertz CT molecular complexity index is 515. The van der Waals surface area contributed by atoms with Crippen LogP contribution in [0.25, 0.3) is 10.2 Å². The smallest absolute Gasteiger partial charge is 0.0907 e. The Hall–Kier alpha value is -0.740. The van der Waals surface area contributed by atoms with Crippen LogP contribution in [-0.2, 0) is 0 Å². The number of rotatable bonds is 3. The van der Waals surface area contributed by atoms with E-state index in [1.807, 2.05) is 0 Å². The lowest BCUT2D eigenvalue weighted by atomic mass is 10.1. The number of thioether (sulfide) groups is 1. The molecule has 4 heteroatoms. The van der Waals surface area contributed by atoms with Gasteiger partial charge in [0.05, 0.1) is 15.2 Å². The summed E-state index contributed by atoms with van der Waals surface area (Å²) in [6.45, 7) is 3.17. The number of nitrogens with zero attached hydrogens (tertiary/aromatic N) is 1. The first kappa shape index (κ1) is 11.4. The molecule has 2 heterocycles. The Balaban J connectivity index is 1.71. The van der Waals surface area contributed by atoms with Crippen LogP contribution in [0, 0.1) is 12.8 Å². The third kappa shape index (κ3) is 2.58.